The third-order valence-corrected chi connectivity index (χ3v) is 5.21. The van der Waals surface area contributed by atoms with Gasteiger partial charge in [-0.15, -0.1) is 0 Å². The molecule has 0 aliphatic carbocycles. The first-order chi connectivity index (χ1) is 8.66. The van der Waals surface area contributed by atoms with Crippen LogP contribution in [0.15, 0.2) is 54.6 Å². The van der Waals surface area contributed by atoms with Crippen LogP contribution < -0.4 is 4.46 Å². The molecule has 0 N–H and O–H groups in total. The predicted molar refractivity (Wildman–Crippen MR) is 77.0 cm³/mol. The Morgan fingerprint density at radius 3 is 2.28 bits per heavy atom. The molecule has 1 nitrogen and oxygen atoms in total. The quantitative estimate of drug-likeness (QED) is 0.480. The molecule has 2 aromatic carbocycles. The van der Waals surface area contributed by atoms with E-state index in [1.165, 1.54) is 0 Å². The van der Waals surface area contributed by atoms with Crippen LogP contribution in [0, 0.1) is 6.92 Å². The molecule has 2 rings (SSSR count). The third kappa shape index (κ3) is 3.46. The van der Waals surface area contributed by atoms with Crippen LogP contribution in [0.25, 0.3) is 0 Å². The Kier molecular flexibility index (Phi) is 4.59. The second-order valence-corrected chi connectivity index (χ2v) is 7.47. The van der Waals surface area contributed by atoms with Crippen LogP contribution in [0.4, 0.5) is 0 Å². The van der Waals surface area contributed by atoms with Gasteiger partial charge in [0.1, 0.15) is 0 Å². The number of Topliss-reactive ketones (excluding diaryl/α,β-unsaturated/α-hetero) is 1. The van der Waals surface area contributed by atoms with Crippen LogP contribution in [0.5, 0.6) is 0 Å². The number of alkyl halides is 1. The molecule has 0 heterocycles. The van der Waals surface area contributed by atoms with Gasteiger partial charge in [-0.05, 0) is 0 Å². The van der Waals surface area contributed by atoms with Gasteiger partial charge in [0.25, 0.3) is 0 Å². The zero-order valence-electron chi connectivity index (χ0n) is 9.97. The van der Waals surface area contributed by atoms with E-state index >= 15 is 0 Å². The number of carbonyl (C=O) groups excluding carboxylic acids is 1. The zero-order chi connectivity index (χ0) is 13.0. The van der Waals surface area contributed by atoms with E-state index < -0.39 is 4.28 Å². The molecule has 0 spiro atoms. The maximum absolute atomic E-state index is 12.1. The van der Waals surface area contributed by atoms with Gasteiger partial charge in [0.15, 0.2) is 0 Å². The van der Waals surface area contributed by atoms with Gasteiger partial charge in [-0.25, -0.2) is 0 Å². The summed E-state index contributed by atoms with van der Waals surface area (Å²) in [4.78, 5) is 12.1. The monoisotopic (exact) mass is 324 g/mol. The molecule has 0 aromatic heterocycles. The number of rotatable bonds is 4. The van der Waals surface area contributed by atoms with Gasteiger partial charge >= 0.3 is 119 Å². The van der Waals surface area contributed by atoms with Crippen molar-refractivity contribution in [2.75, 3.05) is 0 Å². The first-order valence-electron chi connectivity index (χ1n) is 5.63. The van der Waals surface area contributed by atoms with E-state index in [0.717, 1.165) is 10.0 Å². The zero-order valence-corrected chi connectivity index (χ0v) is 12.4. The Bertz CT molecular complexity index is 522. The summed E-state index contributed by atoms with van der Waals surface area (Å²) in [5.74, 6) is 0.0144. The van der Waals surface area contributed by atoms with Crippen LogP contribution in [0.1, 0.15) is 15.9 Å². The molecule has 0 saturated heterocycles. The molecule has 2 aromatic rings. The summed E-state index contributed by atoms with van der Waals surface area (Å²) >= 11 is 6.18. The van der Waals surface area contributed by atoms with Gasteiger partial charge in [-0.1, -0.05) is 0 Å². The Hall–Kier alpha value is -1.08. The molecule has 1 unspecified atom stereocenters. The summed E-state index contributed by atoms with van der Waals surface area (Å²) in [5.41, 5.74) is 1.84. The molecule has 0 fully saturated rings. The molecule has 0 aliphatic heterocycles. The van der Waals surface area contributed by atoms with Crippen molar-refractivity contribution in [2.24, 2.45) is 0 Å². The summed E-state index contributed by atoms with van der Waals surface area (Å²) < 4.78 is 0.702. The van der Waals surface area contributed by atoms with Crippen LogP contribution >= 0.6 is 11.6 Å². The van der Waals surface area contributed by atoms with E-state index in [1.54, 1.807) is 0 Å². The van der Waals surface area contributed by atoms with Gasteiger partial charge in [0, 0.05) is 0 Å². The normalized spacial score (nSPS) is 12.1. The number of aryl methyl sites for hydroxylation is 1. The van der Waals surface area contributed by atoms with Gasteiger partial charge in [0.2, 0.25) is 0 Å². The van der Waals surface area contributed by atoms with E-state index in [-0.39, 0.29) is 20.7 Å². The fraction of sp³-hybridized carbons (Fsp3) is 0.133. The van der Waals surface area contributed by atoms with Crippen molar-refractivity contribution in [3.05, 3.63) is 65.7 Å². The second-order valence-electron chi connectivity index (χ2n) is 3.98. The van der Waals surface area contributed by atoms with E-state index in [4.69, 9.17) is 11.6 Å². The first kappa shape index (κ1) is 13.4. The Morgan fingerprint density at radius 2 is 1.67 bits per heavy atom. The van der Waals surface area contributed by atoms with E-state index in [9.17, 15) is 4.79 Å². The van der Waals surface area contributed by atoms with Crippen LogP contribution in [-0.2, 0) is 0 Å². The third-order valence-electron chi connectivity index (χ3n) is 2.52. The maximum atomic E-state index is 12.1. The van der Waals surface area contributed by atoms with Gasteiger partial charge in [-0.3, -0.25) is 0 Å². The molecule has 1 atom stereocenters. The standard InChI is InChI=1S/C15H13ClOSe/c1-11-7-9-12(10-8-11)14(17)15(16)18-13-5-3-2-4-6-13/h2-10,15H,1H3. The molecule has 18 heavy (non-hydrogen) atoms. The number of hydrogen-bond acceptors (Lipinski definition) is 1. The van der Waals surface area contributed by atoms with E-state index in [0.29, 0.717) is 5.56 Å². The number of carbonyl (C=O) groups is 1. The van der Waals surface area contributed by atoms with E-state index in [2.05, 4.69) is 0 Å². The van der Waals surface area contributed by atoms with Crippen LogP contribution in [0.2, 0.25) is 0 Å². The molecule has 0 aliphatic rings. The SMILES string of the molecule is Cc1ccc(C(=O)C(Cl)[Se]c2ccccc2)cc1. The van der Waals surface area contributed by atoms with Crippen molar-refractivity contribution in [3.63, 3.8) is 0 Å². The number of halogens is 1. The summed E-state index contributed by atoms with van der Waals surface area (Å²) in [7, 11) is 0. The van der Waals surface area contributed by atoms with Crippen molar-refractivity contribution < 1.29 is 4.79 Å². The predicted octanol–water partition coefficient (Wildman–Crippen LogP) is 2.77. The minimum absolute atomic E-state index is 0.0144. The first-order valence-corrected chi connectivity index (χ1v) is 7.91. The van der Waals surface area contributed by atoms with Crippen LogP contribution in [0.3, 0.4) is 0 Å². The number of hydrogen-bond donors (Lipinski definition) is 0. The summed E-state index contributed by atoms with van der Waals surface area (Å²) in [6, 6.07) is 17.5. The van der Waals surface area contributed by atoms with Gasteiger partial charge < -0.3 is 0 Å². The summed E-state index contributed by atoms with van der Waals surface area (Å²) in [6.45, 7) is 2.00. The van der Waals surface area contributed by atoms with Gasteiger partial charge in [0.05, 0.1) is 0 Å². The average Bonchev–Trinajstić information content (AvgIpc) is 2.40. The van der Waals surface area contributed by atoms with Gasteiger partial charge in [-0.2, -0.15) is 0 Å². The van der Waals surface area contributed by atoms with Crippen molar-refractivity contribution in [2.45, 2.75) is 11.2 Å². The van der Waals surface area contributed by atoms with Crippen LogP contribution in [-0.4, -0.2) is 25.0 Å². The van der Waals surface area contributed by atoms with Crippen molar-refractivity contribution >= 4 is 36.8 Å². The molecule has 0 radical (unpaired) electrons. The molecule has 3 heteroatoms. The topological polar surface area (TPSA) is 17.1 Å². The Labute approximate surface area is 118 Å². The fourth-order valence-electron chi connectivity index (χ4n) is 1.52. The molecular formula is C15H13ClOSe. The second kappa shape index (κ2) is 6.19. The molecule has 0 amide bonds. The van der Waals surface area contributed by atoms with Crippen molar-refractivity contribution in [3.8, 4) is 0 Å². The molecular weight excluding hydrogens is 311 g/mol. The number of benzene rings is 2. The van der Waals surface area contributed by atoms with E-state index in [1.807, 2.05) is 61.5 Å². The minimum atomic E-state index is -0.442. The molecule has 0 saturated carbocycles. The number of ketones is 1. The molecule has 0 bridgehead atoms. The summed E-state index contributed by atoms with van der Waals surface area (Å²) in [5, 5.41) is 0. The molecule has 92 valence electrons. The van der Waals surface area contributed by atoms with Crippen molar-refractivity contribution in [1.29, 1.82) is 0 Å². The fourth-order valence-corrected chi connectivity index (χ4v) is 3.85. The Morgan fingerprint density at radius 1 is 1.06 bits per heavy atom. The summed E-state index contributed by atoms with van der Waals surface area (Å²) in [6.07, 6.45) is 0. The Balaban J connectivity index is 2.07. The van der Waals surface area contributed by atoms with Crippen molar-refractivity contribution in [1.82, 2.24) is 0 Å². The average molecular weight is 324 g/mol.